The minimum Gasteiger partial charge on any atom is -0.481 e. The van der Waals surface area contributed by atoms with Crippen molar-refractivity contribution in [3.8, 4) is 11.1 Å². The minimum absolute atomic E-state index is 0.0140. The smallest absolute Gasteiger partial charge is 0.407 e. The quantitative estimate of drug-likeness (QED) is 0.663. The molecule has 2 amide bonds. The third kappa shape index (κ3) is 3.97. The topological polar surface area (TPSA) is 95.9 Å². The van der Waals surface area contributed by atoms with Gasteiger partial charge in [0, 0.05) is 31.0 Å². The van der Waals surface area contributed by atoms with Gasteiger partial charge in [0.05, 0.1) is 5.92 Å². The van der Waals surface area contributed by atoms with E-state index in [9.17, 15) is 19.5 Å². The first-order chi connectivity index (χ1) is 17.0. The van der Waals surface area contributed by atoms with Crippen LogP contribution in [-0.2, 0) is 14.3 Å². The molecule has 182 valence electrons. The Morgan fingerprint density at radius 3 is 2.29 bits per heavy atom. The third-order valence-electron chi connectivity index (χ3n) is 8.47. The van der Waals surface area contributed by atoms with Gasteiger partial charge in [0.25, 0.3) is 0 Å². The molecule has 5 aliphatic rings. The summed E-state index contributed by atoms with van der Waals surface area (Å²) in [5.41, 5.74) is 4.72. The number of amides is 2. The fourth-order valence-corrected chi connectivity index (χ4v) is 6.57. The molecular formula is C28H30N2O5. The van der Waals surface area contributed by atoms with E-state index in [0.29, 0.717) is 25.4 Å². The van der Waals surface area contributed by atoms with Crippen LogP contribution in [0.1, 0.15) is 42.7 Å². The van der Waals surface area contributed by atoms with E-state index in [0.717, 1.165) is 19.3 Å². The first kappa shape index (κ1) is 22.1. The molecule has 0 spiro atoms. The van der Waals surface area contributed by atoms with Crippen molar-refractivity contribution >= 4 is 18.0 Å². The van der Waals surface area contributed by atoms with E-state index in [-0.39, 0.29) is 36.3 Å². The fourth-order valence-electron chi connectivity index (χ4n) is 6.57. The van der Waals surface area contributed by atoms with Crippen LogP contribution in [0.2, 0.25) is 0 Å². The first-order valence-electron chi connectivity index (χ1n) is 12.6. The summed E-state index contributed by atoms with van der Waals surface area (Å²) in [5.74, 6) is -0.903. The lowest BCUT2D eigenvalue weighted by Crippen LogP contribution is -2.57. The van der Waals surface area contributed by atoms with Crippen LogP contribution in [-0.4, -0.2) is 53.7 Å². The van der Waals surface area contributed by atoms with E-state index in [4.69, 9.17) is 4.74 Å². The Balaban J connectivity index is 1.01. The molecule has 2 heterocycles. The van der Waals surface area contributed by atoms with Crippen LogP contribution >= 0.6 is 0 Å². The lowest BCUT2D eigenvalue weighted by atomic mass is 9.72. The van der Waals surface area contributed by atoms with Crippen LogP contribution in [0.15, 0.2) is 48.5 Å². The number of carbonyl (C=O) groups is 3. The zero-order chi connectivity index (χ0) is 24.1. The van der Waals surface area contributed by atoms with Gasteiger partial charge >= 0.3 is 12.1 Å². The maximum atomic E-state index is 13.1. The molecule has 7 heteroatoms. The van der Waals surface area contributed by atoms with Gasteiger partial charge in [-0.1, -0.05) is 48.5 Å². The van der Waals surface area contributed by atoms with Gasteiger partial charge in [-0.2, -0.15) is 0 Å². The van der Waals surface area contributed by atoms with Gasteiger partial charge in [0.1, 0.15) is 6.61 Å². The van der Waals surface area contributed by atoms with Crippen molar-refractivity contribution in [2.45, 2.75) is 37.6 Å². The number of hydrogen-bond donors (Lipinski definition) is 2. The molecule has 7 nitrogen and oxygen atoms in total. The van der Waals surface area contributed by atoms with Crippen molar-refractivity contribution in [3.05, 3.63) is 59.7 Å². The SMILES string of the molecule is O=C(NC[C@@H]1C[C@@H]1C(=O)N1CC2CCC1C(C(=O)O)C2)OCC1c2ccccc2-c2ccccc21. The van der Waals surface area contributed by atoms with E-state index in [1.807, 2.05) is 29.2 Å². The van der Waals surface area contributed by atoms with Crippen molar-refractivity contribution in [3.63, 3.8) is 0 Å². The number of ether oxygens (including phenoxy) is 1. The van der Waals surface area contributed by atoms with Crippen molar-refractivity contribution in [2.24, 2.45) is 23.7 Å². The van der Waals surface area contributed by atoms with Gasteiger partial charge in [-0.05, 0) is 59.8 Å². The molecule has 0 radical (unpaired) electrons. The van der Waals surface area contributed by atoms with Crippen LogP contribution in [0.4, 0.5) is 4.79 Å². The Kier molecular flexibility index (Phi) is 5.50. The van der Waals surface area contributed by atoms with Crippen molar-refractivity contribution in [1.29, 1.82) is 0 Å². The van der Waals surface area contributed by atoms with Gasteiger partial charge in [0.15, 0.2) is 0 Å². The molecule has 2 saturated heterocycles. The molecule has 7 rings (SSSR count). The Labute approximate surface area is 204 Å². The summed E-state index contributed by atoms with van der Waals surface area (Å²) in [4.78, 5) is 39.0. The number of alkyl carbamates (subject to hydrolysis) is 1. The molecular weight excluding hydrogens is 444 g/mol. The molecule has 3 aliphatic carbocycles. The van der Waals surface area contributed by atoms with Gasteiger partial charge in [-0.15, -0.1) is 0 Å². The van der Waals surface area contributed by atoms with Crippen LogP contribution in [0.25, 0.3) is 11.1 Å². The molecule has 2 aromatic rings. The second-order valence-electron chi connectivity index (χ2n) is 10.5. The molecule has 2 bridgehead atoms. The first-order valence-corrected chi connectivity index (χ1v) is 12.6. The number of fused-ring (bicyclic) bond motifs is 6. The highest BCUT2D eigenvalue weighted by Crippen LogP contribution is 2.46. The van der Waals surface area contributed by atoms with Crippen LogP contribution in [0, 0.1) is 23.7 Å². The summed E-state index contributed by atoms with van der Waals surface area (Å²) in [7, 11) is 0. The normalized spacial score (nSPS) is 28.2. The lowest BCUT2D eigenvalue weighted by Gasteiger charge is -2.48. The van der Waals surface area contributed by atoms with Crippen molar-refractivity contribution < 1.29 is 24.2 Å². The van der Waals surface area contributed by atoms with E-state index in [1.54, 1.807) is 0 Å². The zero-order valence-electron chi connectivity index (χ0n) is 19.6. The highest BCUT2D eigenvalue weighted by Gasteiger charge is 2.51. The monoisotopic (exact) mass is 474 g/mol. The largest absolute Gasteiger partial charge is 0.481 e. The van der Waals surface area contributed by atoms with Crippen LogP contribution < -0.4 is 5.32 Å². The van der Waals surface area contributed by atoms with Crippen molar-refractivity contribution in [1.82, 2.24) is 10.2 Å². The lowest BCUT2D eigenvalue weighted by molar-refractivity contribution is -0.156. The summed E-state index contributed by atoms with van der Waals surface area (Å²) in [6, 6.07) is 16.3. The molecule has 2 aliphatic heterocycles. The second-order valence-corrected chi connectivity index (χ2v) is 10.5. The summed E-state index contributed by atoms with van der Waals surface area (Å²) in [5, 5.41) is 12.4. The summed E-state index contributed by atoms with van der Waals surface area (Å²) in [6.07, 6.45) is 2.74. The highest BCUT2D eigenvalue weighted by atomic mass is 16.5. The maximum Gasteiger partial charge on any atom is 0.407 e. The number of piperidine rings is 2. The predicted octanol–water partition coefficient (Wildman–Crippen LogP) is 3.87. The van der Waals surface area contributed by atoms with E-state index >= 15 is 0 Å². The fraction of sp³-hybridized carbons (Fsp3) is 0.464. The average molecular weight is 475 g/mol. The summed E-state index contributed by atoms with van der Waals surface area (Å²) < 4.78 is 5.60. The van der Waals surface area contributed by atoms with Gasteiger partial charge in [-0.25, -0.2) is 4.79 Å². The minimum atomic E-state index is -0.790. The standard InChI is InChI=1S/C28H30N2O5/c31-26(30-14-16-9-10-25(30)23(11-16)27(32)33)22-12-17(22)13-29-28(34)35-15-24-20-7-3-1-5-18(20)19-6-2-4-8-21(19)24/h1-8,16-17,22-25H,9-15H2,(H,29,34)(H,32,33)/t16?,17-,22-,23?,25?/m0/s1. The summed E-state index contributed by atoms with van der Waals surface area (Å²) in [6.45, 7) is 1.34. The van der Waals surface area contributed by atoms with Crippen molar-refractivity contribution in [2.75, 3.05) is 19.7 Å². The maximum absolute atomic E-state index is 13.1. The number of carboxylic acid groups (broad SMARTS) is 1. The highest BCUT2D eigenvalue weighted by molar-refractivity contribution is 5.84. The number of nitrogens with zero attached hydrogens (tertiary/aromatic N) is 1. The van der Waals surface area contributed by atoms with E-state index in [1.165, 1.54) is 22.3 Å². The molecule has 4 fully saturated rings. The van der Waals surface area contributed by atoms with Gasteiger partial charge < -0.3 is 20.1 Å². The van der Waals surface area contributed by atoms with Crippen LogP contribution in [0.5, 0.6) is 0 Å². The number of aliphatic carboxylic acids is 1. The number of hydrogen-bond acceptors (Lipinski definition) is 4. The molecule has 5 atom stereocenters. The second kappa shape index (κ2) is 8.70. The molecule has 35 heavy (non-hydrogen) atoms. The van der Waals surface area contributed by atoms with Gasteiger partial charge in [0.2, 0.25) is 5.91 Å². The number of carboxylic acids is 1. The Bertz CT molecular complexity index is 1130. The van der Waals surface area contributed by atoms with Crippen LogP contribution in [0.3, 0.4) is 0 Å². The molecule has 0 aromatic heterocycles. The Morgan fingerprint density at radius 2 is 1.63 bits per heavy atom. The number of benzene rings is 2. The third-order valence-corrected chi connectivity index (χ3v) is 8.47. The van der Waals surface area contributed by atoms with Gasteiger partial charge in [-0.3, -0.25) is 9.59 Å². The molecule has 2 N–H and O–H groups in total. The Hall–Kier alpha value is -3.35. The van der Waals surface area contributed by atoms with E-state index < -0.39 is 18.0 Å². The average Bonchev–Trinajstić information content (AvgIpc) is 3.60. The Morgan fingerprint density at radius 1 is 0.943 bits per heavy atom. The predicted molar refractivity (Wildman–Crippen MR) is 129 cm³/mol. The summed E-state index contributed by atoms with van der Waals surface area (Å²) >= 11 is 0. The molecule has 2 saturated carbocycles. The number of rotatable bonds is 6. The molecule has 3 unspecified atom stereocenters. The van der Waals surface area contributed by atoms with E-state index in [2.05, 4.69) is 29.6 Å². The number of nitrogens with one attached hydrogen (secondary N) is 1. The zero-order valence-corrected chi connectivity index (χ0v) is 19.6. The number of carbonyl (C=O) groups excluding carboxylic acids is 2. The molecule has 2 aromatic carbocycles.